The van der Waals surface area contributed by atoms with Crippen LogP contribution in [-0.4, -0.2) is 17.7 Å². The lowest BCUT2D eigenvalue weighted by Crippen LogP contribution is -2.24. The highest BCUT2D eigenvalue weighted by molar-refractivity contribution is 5.68. The highest BCUT2D eigenvalue weighted by atomic mass is 16.5. The van der Waals surface area contributed by atoms with E-state index in [9.17, 15) is 9.90 Å². The molecule has 2 aromatic rings. The number of aryl methyl sites for hydroxylation is 2. The first kappa shape index (κ1) is 16.6. The van der Waals surface area contributed by atoms with Gasteiger partial charge < -0.3 is 15.2 Å². The van der Waals surface area contributed by atoms with Gasteiger partial charge in [0, 0.05) is 6.54 Å². The Morgan fingerprint density at radius 3 is 2.48 bits per heavy atom. The molecule has 0 bridgehead atoms. The van der Waals surface area contributed by atoms with Crippen LogP contribution in [0.4, 0.5) is 4.79 Å². The average Bonchev–Trinajstić information content (AvgIpc) is 2.52. The van der Waals surface area contributed by atoms with E-state index in [-0.39, 0.29) is 12.4 Å². The first-order valence-corrected chi connectivity index (χ1v) is 7.47. The Bertz CT molecular complexity index is 670. The van der Waals surface area contributed by atoms with Gasteiger partial charge in [-0.3, -0.25) is 0 Å². The van der Waals surface area contributed by atoms with Crippen molar-refractivity contribution in [3.8, 4) is 5.75 Å². The molecule has 0 aliphatic heterocycles. The number of hydrogen-bond acceptors (Lipinski definition) is 3. The first-order chi connectivity index (χ1) is 11.1. The van der Waals surface area contributed by atoms with Gasteiger partial charge in [-0.2, -0.15) is 0 Å². The summed E-state index contributed by atoms with van der Waals surface area (Å²) in [6.45, 7) is 4.52. The van der Waals surface area contributed by atoms with Gasteiger partial charge >= 0.3 is 6.09 Å². The van der Waals surface area contributed by atoms with Gasteiger partial charge in [-0.15, -0.1) is 0 Å². The van der Waals surface area contributed by atoms with Crippen LogP contribution in [0.5, 0.6) is 5.75 Å². The Kier molecular flexibility index (Phi) is 5.80. The van der Waals surface area contributed by atoms with E-state index in [0.29, 0.717) is 6.54 Å². The van der Waals surface area contributed by atoms with Crippen molar-refractivity contribution in [2.75, 3.05) is 6.54 Å². The van der Waals surface area contributed by atoms with E-state index in [1.807, 2.05) is 56.3 Å². The third-order valence-corrected chi connectivity index (χ3v) is 3.44. The molecule has 0 aromatic heterocycles. The van der Waals surface area contributed by atoms with Crippen molar-refractivity contribution in [1.29, 1.82) is 0 Å². The number of hydrogen-bond donors (Lipinski definition) is 2. The Hall–Kier alpha value is -2.75. The van der Waals surface area contributed by atoms with Crippen LogP contribution in [0, 0.1) is 13.8 Å². The van der Waals surface area contributed by atoms with Crippen LogP contribution in [0.1, 0.15) is 22.3 Å². The maximum Gasteiger partial charge on any atom is 0.407 e. The smallest absolute Gasteiger partial charge is 0.407 e. The van der Waals surface area contributed by atoms with Gasteiger partial charge in [0.05, 0.1) is 0 Å². The molecule has 0 saturated carbocycles. The standard InChI is InChI=1S/C19H21NO3/c1-14-11-17(21)12-15(2)18(14)9-6-10-20-19(22)23-13-16-7-4-3-5-8-16/h3-9,11-12,21H,10,13H2,1-2H3,(H,20,22). The lowest BCUT2D eigenvalue weighted by Gasteiger charge is -2.07. The SMILES string of the molecule is Cc1cc(O)cc(C)c1C=CCNC(=O)OCc1ccccc1. The van der Waals surface area contributed by atoms with Crippen LogP contribution in [0.3, 0.4) is 0 Å². The second-order valence-corrected chi connectivity index (χ2v) is 5.34. The molecule has 120 valence electrons. The van der Waals surface area contributed by atoms with E-state index in [1.54, 1.807) is 12.1 Å². The van der Waals surface area contributed by atoms with Gasteiger partial charge in [0.1, 0.15) is 12.4 Å². The van der Waals surface area contributed by atoms with E-state index in [2.05, 4.69) is 5.32 Å². The summed E-state index contributed by atoms with van der Waals surface area (Å²) in [5, 5.41) is 12.2. The number of nitrogens with one attached hydrogen (secondary N) is 1. The maximum atomic E-state index is 11.6. The molecule has 0 fully saturated rings. The average molecular weight is 311 g/mol. The van der Waals surface area contributed by atoms with E-state index >= 15 is 0 Å². The number of benzene rings is 2. The summed E-state index contributed by atoms with van der Waals surface area (Å²) in [6.07, 6.45) is 3.34. The molecule has 2 aromatic carbocycles. The monoisotopic (exact) mass is 311 g/mol. The van der Waals surface area contributed by atoms with E-state index in [4.69, 9.17) is 4.74 Å². The number of phenolic OH excluding ortho intramolecular Hbond substituents is 1. The highest BCUT2D eigenvalue weighted by Gasteiger charge is 2.02. The molecule has 23 heavy (non-hydrogen) atoms. The molecule has 2 rings (SSSR count). The van der Waals surface area contributed by atoms with Crippen LogP contribution in [0.2, 0.25) is 0 Å². The number of alkyl carbamates (subject to hydrolysis) is 1. The van der Waals surface area contributed by atoms with Crippen LogP contribution >= 0.6 is 0 Å². The molecule has 0 radical (unpaired) electrons. The van der Waals surface area contributed by atoms with Gasteiger partial charge in [0.25, 0.3) is 0 Å². The quantitative estimate of drug-likeness (QED) is 0.879. The number of aromatic hydroxyl groups is 1. The molecule has 0 aliphatic rings. The first-order valence-electron chi connectivity index (χ1n) is 7.47. The molecule has 0 saturated heterocycles. The highest BCUT2D eigenvalue weighted by Crippen LogP contribution is 2.21. The third kappa shape index (κ3) is 5.18. The molecular weight excluding hydrogens is 290 g/mol. The predicted molar refractivity (Wildman–Crippen MR) is 91.2 cm³/mol. The number of rotatable bonds is 5. The van der Waals surface area contributed by atoms with Crippen LogP contribution in [0.25, 0.3) is 6.08 Å². The summed E-state index contributed by atoms with van der Waals surface area (Å²) in [5.74, 6) is 0.264. The zero-order chi connectivity index (χ0) is 16.7. The zero-order valence-electron chi connectivity index (χ0n) is 13.4. The van der Waals surface area contributed by atoms with Gasteiger partial charge in [-0.05, 0) is 48.2 Å². The van der Waals surface area contributed by atoms with Gasteiger partial charge in [-0.25, -0.2) is 4.79 Å². The van der Waals surface area contributed by atoms with Crippen LogP contribution in [-0.2, 0) is 11.3 Å². The van der Waals surface area contributed by atoms with E-state index in [0.717, 1.165) is 22.3 Å². The van der Waals surface area contributed by atoms with Crippen molar-refractivity contribution in [2.24, 2.45) is 0 Å². The van der Waals surface area contributed by atoms with E-state index in [1.165, 1.54) is 0 Å². The second kappa shape index (κ2) is 8.03. The Labute approximate surface area is 136 Å². The lowest BCUT2D eigenvalue weighted by atomic mass is 10.0. The van der Waals surface area contributed by atoms with Crippen molar-refractivity contribution in [1.82, 2.24) is 5.32 Å². The number of carbonyl (C=O) groups is 1. The van der Waals surface area contributed by atoms with Crippen molar-refractivity contribution < 1.29 is 14.6 Å². The minimum atomic E-state index is -0.447. The number of carbonyl (C=O) groups excluding carboxylic acids is 1. The summed E-state index contributed by atoms with van der Waals surface area (Å²) in [7, 11) is 0. The fourth-order valence-corrected chi connectivity index (χ4v) is 2.31. The second-order valence-electron chi connectivity index (χ2n) is 5.34. The van der Waals surface area contributed by atoms with Gasteiger partial charge in [-0.1, -0.05) is 42.5 Å². The molecule has 0 spiro atoms. The molecule has 4 heteroatoms. The summed E-state index contributed by atoms with van der Waals surface area (Å²) >= 11 is 0. The lowest BCUT2D eigenvalue weighted by molar-refractivity contribution is 0.141. The fraction of sp³-hybridized carbons (Fsp3) is 0.211. The number of amides is 1. The minimum Gasteiger partial charge on any atom is -0.508 e. The molecule has 0 atom stereocenters. The summed E-state index contributed by atoms with van der Waals surface area (Å²) < 4.78 is 5.13. The Morgan fingerprint density at radius 1 is 1.17 bits per heavy atom. The summed E-state index contributed by atoms with van der Waals surface area (Å²) in [4.78, 5) is 11.6. The van der Waals surface area contributed by atoms with Crippen LogP contribution < -0.4 is 5.32 Å². The third-order valence-electron chi connectivity index (χ3n) is 3.44. The topological polar surface area (TPSA) is 58.6 Å². The summed E-state index contributed by atoms with van der Waals surface area (Å²) in [6, 6.07) is 13.0. The number of phenols is 1. The minimum absolute atomic E-state index is 0.257. The maximum absolute atomic E-state index is 11.6. The fourth-order valence-electron chi connectivity index (χ4n) is 2.31. The molecular formula is C19H21NO3. The molecule has 4 nitrogen and oxygen atoms in total. The molecule has 2 N–H and O–H groups in total. The molecule has 0 heterocycles. The van der Waals surface area contributed by atoms with Gasteiger partial charge in [0.2, 0.25) is 0 Å². The zero-order valence-corrected chi connectivity index (χ0v) is 13.4. The Morgan fingerprint density at radius 2 is 1.83 bits per heavy atom. The van der Waals surface area contributed by atoms with Crippen molar-refractivity contribution in [3.63, 3.8) is 0 Å². The van der Waals surface area contributed by atoms with Crippen LogP contribution in [0.15, 0.2) is 48.5 Å². The van der Waals surface area contributed by atoms with Crippen molar-refractivity contribution in [2.45, 2.75) is 20.5 Å². The van der Waals surface area contributed by atoms with Crippen molar-refractivity contribution in [3.05, 3.63) is 70.8 Å². The summed E-state index contributed by atoms with van der Waals surface area (Å²) in [5.41, 5.74) is 3.98. The molecule has 1 amide bonds. The van der Waals surface area contributed by atoms with Crippen molar-refractivity contribution >= 4 is 12.2 Å². The predicted octanol–water partition coefficient (Wildman–Crippen LogP) is 3.95. The largest absolute Gasteiger partial charge is 0.508 e. The van der Waals surface area contributed by atoms with Gasteiger partial charge in [0.15, 0.2) is 0 Å². The van der Waals surface area contributed by atoms with E-state index < -0.39 is 6.09 Å². The normalized spacial score (nSPS) is 10.7. The Balaban J connectivity index is 1.79. The molecule has 0 unspecified atom stereocenters. The molecule has 0 aliphatic carbocycles. The number of ether oxygens (including phenoxy) is 1.